The van der Waals surface area contributed by atoms with E-state index < -0.39 is 12.0 Å². The molecule has 0 radical (unpaired) electrons. The van der Waals surface area contributed by atoms with Crippen LogP contribution in [0.4, 0.5) is 5.82 Å². The summed E-state index contributed by atoms with van der Waals surface area (Å²) in [6.07, 6.45) is 4.31. The maximum Gasteiger partial charge on any atom is 0.326 e. The van der Waals surface area contributed by atoms with E-state index in [4.69, 9.17) is 0 Å². The zero-order valence-electron chi connectivity index (χ0n) is 10.9. The molecule has 2 unspecified atom stereocenters. The average Bonchev–Trinajstić information content (AvgIpc) is 2.90. The molecule has 6 nitrogen and oxygen atoms in total. The fourth-order valence-electron chi connectivity index (χ4n) is 2.81. The summed E-state index contributed by atoms with van der Waals surface area (Å²) in [5.74, 6) is 0.0495. The van der Waals surface area contributed by atoms with Gasteiger partial charge in [0, 0.05) is 18.9 Å². The summed E-state index contributed by atoms with van der Waals surface area (Å²) in [4.78, 5) is 17.7. The molecule has 2 aromatic rings. The SMILES string of the molecule is Cc1cc2c(N3CCC(C)C3C(=O)O)nccn2n1. The maximum atomic E-state index is 11.4. The summed E-state index contributed by atoms with van der Waals surface area (Å²) >= 11 is 0. The van der Waals surface area contributed by atoms with E-state index in [9.17, 15) is 9.90 Å². The molecule has 2 aromatic heterocycles. The largest absolute Gasteiger partial charge is 0.480 e. The lowest BCUT2D eigenvalue weighted by Crippen LogP contribution is -2.39. The van der Waals surface area contributed by atoms with Crippen LogP contribution in [-0.2, 0) is 4.79 Å². The molecule has 1 aliphatic rings. The molecule has 1 N–H and O–H groups in total. The van der Waals surface area contributed by atoms with E-state index in [1.165, 1.54) is 0 Å². The second-order valence-corrected chi connectivity index (χ2v) is 5.11. The van der Waals surface area contributed by atoms with Crippen LogP contribution in [0.1, 0.15) is 19.0 Å². The third-order valence-corrected chi connectivity index (χ3v) is 3.72. The molecule has 3 rings (SSSR count). The van der Waals surface area contributed by atoms with Gasteiger partial charge in [0.25, 0.3) is 0 Å². The minimum absolute atomic E-state index is 0.128. The van der Waals surface area contributed by atoms with E-state index in [-0.39, 0.29) is 5.92 Å². The maximum absolute atomic E-state index is 11.4. The summed E-state index contributed by atoms with van der Waals surface area (Å²) < 4.78 is 1.75. The predicted octanol–water partition coefficient (Wildman–Crippen LogP) is 1.34. The molecule has 0 spiro atoms. The minimum atomic E-state index is -0.787. The number of hydrogen-bond donors (Lipinski definition) is 1. The molecule has 2 atom stereocenters. The van der Waals surface area contributed by atoms with Gasteiger partial charge in [0.15, 0.2) is 5.82 Å². The quantitative estimate of drug-likeness (QED) is 0.882. The molecule has 0 amide bonds. The van der Waals surface area contributed by atoms with Gasteiger partial charge in [-0.15, -0.1) is 0 Å². The van der Waals surface area contributed by atoms with Crippen molar-refractivity contribution in [2.75, 3.05) is 11.4 Å². The Morgan fingerprint density at radius 1 is 1.53 bits per heavy atom. The lowest BCUT2D eigenvalue weighted by molar-refractivity contribution is -0.139. The molecule has 0 bridgehead atoms. The molecule has 1 fully saturated rings. The van der Waals surface area contributed by atoms with Gasteiger partial charge in [0.1, 0.15) is 11.6 Å². The van der Waals surface area contributed by atoms with E-state index in [1.54, 1.807) is 16.9 Å². The molecular formula is C13H16N4O2. The second-order valence-electron chi connectivity index (χ2n) is 5.11. The minimum Gasteiger partial charge on any atom is -0.480 e. The Balaban J connectivity index is 2.11. The second kappa shape index (κ2) is 4.22. The number of carboxylic acids is 1. The fraction of sp³-hybridized carbons (Fsp3) is 0.462. The van der Waals surface area contributed by atoms with E-state index in [0.717, 1.165) is 24.2 Å². The number of aliphatic carboxylic acids is 1. The highest BCUT2D eigenvalue weighted by atomic mass is 16.4. The van der Waals surface area contributed by atoms with Gasteiger partial charge in [-0.3, -0.25) is 0 Å². The Kier molecular flexibility index (Phi) is 2.66. The summed E-state index contributed by atoms with van der Waals surface area (Å²) in [5.41, 5.74) is 1.76. The van der Waals surface area contributed by atoms with Crippen LogP contribution in [0.15, 0.2) is 18.5 Å². The Morgan fingerprint density at radius 2 is 2.32 bits per heavy atom. The molecule has 0 aromatic carbocycles. The number of anilines is 1. The molecule has 19 heavy (non-hydrogen) atoms. The first-order valence-electron chi connectivity index (χ1n) is 6.38. The first-order valence-corrected chi connectivity index (χ1v) is 6.38. The van der Waals surface area contributed by atoms with Crippen LogP contribution in [0.2, 0.25) is 0 Å². The molecule has 1 aliphatic heterocycles. The fourth-order valence-corrected chi connectivity index (χ4v) is 2.81. The van der Waals surface area contributed by atoms with Crippen molar-refractivity contribution < 1.29 is 9.90 Å². The highest BCUT2D eigenvalue weighted by molar-refractivity contribution is 5.82. The van der Waals surface area contributed by atoms with E-state index in [0.29, 0.717) is 5.82 Å². The van der Waals surface area contributed by atoms with Crippen molar-refractivity contribution in [3.63, 3.8) is 0 Å². The van der Waals surface area contributed by atoms with Crippen molar-refractivity contribution in [1.29, 1.82) is 0 Å². The molecular weight excluding hydrogens is 244 g/mol. The van der Waals surface area contributed by atoms with Gasteiger partial charge in [-0.2, -0.15) is 5.10 Å². The first kappa shape index (κ1) is 12.0. The summed E-state index contributed by atoms with van der Waals surface area (Å²) in [5, 5.41) is 13.7. The Bertz CT molecular complexity index is 637. The van der Waals surface area contributed by atoms with Crippen LogP contribution in [0, 0.1) is 12.8 Å². The Labute approximate surface area is 110 Å². The number of hydrogen-bond acceptors (Lipinski definition) is 4. The lowest BCUT2D eigenvalue weighted by Gasteiger charge is -2.24. The first-order chi connectivity index (χ1) is 9.08. The summed E-state index contributed by atoms with van der Waals surface area (Å²) in [6.45, 7) is 4.60. The zero-order valence-corrected chi connectivity index (χ0v) is 10.9. The van der Waals surface area contributed by atoms with Gasteiger partial charge in [-0.25, -0.2) is 14.3 Å². The van der Waals surface area contributed by atoms with Crippen LogP contribution in [0.5, 0.6) is 0 Å². The number of aryl methyl sites for hydroxylation is 1. The van der Waals surface area contributed by atoms with Crippen LogP contribution in [0.25, 0.3) is 5.52 Å². The molecule has 0 saturated carbocycles. The van der Waals surface area contributed by atoms with E-state index in [1.807, 2.05) is 24.8 Å². The topological polar surface area (TPSA) is 70.7 Å². The zero-order chi connectivity index (χ0) is 13.6. The number of nitrogens with zero attached hydrogens (tertiary/aromatic N) is 4. The van der Waals surface area contributed by atoms with Crippen molar-refractivity contribution in [2.24, 2.45) is 5.92 Å². The Hall–Kier alpha value is -2.11. The average molecular weight is 260 g/mol. The molecule has 6 heteroatoms. The standard InChI is InChI=1S/C13H16N4O2/c1-8-3-5-16(11(8)13(18)19)12-10-7-9(2)15-17(10)6-4-14-12/h4,6-8,11H,3,5H2,1-2H3,(H,18,19). The van der Waals surface area contributed by atoms with E-state index in [2.05, 4.69) is 10.1 Å². The van der Waals surface area contributed by atoms with Crippen LogP contribution in [-0.4, -0.2) is 38.3 Å². The smallest absolute Gasteiger partial charge is 0.326 e. The monoisotopic (exact) mass is 260 g/mol. The third kappa shape index (κ3) is 1.83. The van der Waals surface area contributed by atoms with Crippen molar-refractivity contribution >= 4 is 17.3 Å². The Morgan fingerprint density at radius 3 is 3.05 bits per heavy atom. The van der Waals surface area contributed by atoms with Crippen molar-refractivity contribution in [1.82, 2.24) is 14.6 Å². The van der Waals surface area contributed by atoms with Crippen LogP contribution in [0.3, 0.4) is 0 Å². The van der Waals surface area contributed by atoms with Gasteiger partial charge < -0.3 is 10.0 Å². The number of carboxylic acid groups (broad SMARTS) is 1. The number of rotatable bonds is 2. The predicted molar refractivity (Wildman–Crippen MR) is 70.3 cm³/mol. The number of fused-ring (bicyclic) bond motifs is 1. The van der Waals surface area contributed by atoms with Crippen LogP contribution < -0.4 is 4.90 Å². The van der Waals surface area contributed by atoms with E-state index >= 15 is 0 Å². The summed E-state index contributed by atoms with van der Waals surface area (Å²) in [6, 6.07) is 1.43. The molecule has 3 heterocycles. The lowest BCUT2D eigenvalue weighted by atomic mass is 10.0. The van der Waals surface area contributed by atoms with Gasteiger partial charge in [0.05, 0.1) is 5.69 Å². The highest BCUT2D eigenvalue weighted by Gasteiger charge is 2.38. The van der Waals surface area contributed by atoms with Crippen LogP contribution >= 0.6 is 0 Å². The van der Waals surface area contributed by atoms with Gasteiger partial charge in [0.2, 0.25) is 0 Å². The number of aromatic nitrogens is 3. The normalized spacial score (nSPS) is 23.2. The number of carbonyl (C=O) groups is 1. The molecule has 1 saturated heterocycles. The van der Waals surface area contributed by atoms with Gasteiger partial charge >= 0.3 is 5.97 Å². The van der Waals surface area contributed by atoms with Gasteiger partial charge in [-0.05, 0) is 25.3 Å². The third-order valence-electron chi connectivity index (χ3n) is 3.72. The van der Waals surface area contributed by atoms with Crippen molar-refractivity contribution in [3.8, 4) is 0 Å². The van der Waals surface area contributed by atoms with Crippen molar-refractivity contribution in [2.45, 2.75) is 26.3 Å². The molecule has 0 aliphatic carbocycles. The van der Waals surface area contributed by atoms with Gasteiger partial charge in [-0.1, -0.05) is 6.92 Å². The van der Waals surface area contributed by atoms with Crippen molar-refractivity contribution in [3.05, 3.63) is 24.2 Å². The summed E-state index contributed by atoms with van der Waals surface area (Å²) in [7, 11) is 0. The highest BCUT2D eigenvalue weighted by Crippen LogP contribution is 2.31. The molecule has 100 valence electrons.